The van der Waals surface area contributed by atoms with E-state index in [-0.39, 0.29) is 35.9 Å². The van der Waals surface area contributed by atoms with E-state index in [9.17, 15) is 14.4 Å². The molecule has 6 rings (SSSR count). The Kier molecular flexibility index (Phi) is 4.74. The highest BCUT2D eigenvalue weighted by molar-refractivity contribution is 5.86. The van der Waals surface area contributed by atoms with E-state index in [0.29, 0.717) is 32.7 Å². The van der Waals surface area contributed by atoms with Gasteiger partial charge in [0.15, 0.2) is 0 Å². The van der Waals surface area contributed by atoms with Gasteiger partial charge < -0.3 is 24.7 Å². The Labute approximate surface area is 191 Å². The van der Waals surface area contributed by atoms with Crippen LogP contribution in [0.5, 0.6) is 0 Å². The van der Waals surface area contributed by atoms with Gasteiger partial charge in [-0.3, -0.25) is 9.59 Å². The van der Waals surface area contributed by atoms with E-state index in [4.69, 9.17) is 0 Å². The number of hydrogen-bond donors (Lipinski definition) is 2. The lowest BCUT2D eigenvalue weighted by Crippen LogP contribution is -2.52. The van der Waals surface area contributed by atoms with E-state index < -0.39 is 0 Å². The van der Waals surface area contributed by atoms with Gasteiger partial charge in [-0.1, -0.05) is 24.3 Å². The van der Waals surface area contributed by atoms with E-state index in [1.165, 1.54) is 10.9 Å². The predicted octanol–water partition coefficient (Wildman–Crippen LogP) is 2.04. The second kappa shape index (κ2) is 7.79. The number of likely N-dealkylation sites (tertiary alicyclic amines) is 1. The summed E-state index contributed by atoms with van der Waals surface area (Å²) >= 11 is 0. The van der Waals surface area contributed by atoms with E-state index >= 15 is 0 Å². The van der Waals surface area contributed by atoms with Gasteiger partial charge in [-0.2, -0.15) is 0 Å². The Morgan fingerprint density at radius 3 is 2.82 bits per heavy atom. The number of rotatable bonds is 2. The zero-order chi connectivity index (χ0) is 22.5. The molecule has 2 aromatic heterocycles. The van der Waals surface area contributed by atoms with Crippen LogP contribution in [0.1, 0.15) is 29.3 Å². The molecular weight excluding hydrogens is 418 g/mol. The quantitative estimate of drug-likeness (QED) is 0.633. The average molecular weight is 446 g/mol. The summed E-state index contributed by atoms with van der Waals surface area (Å²) in [6, 6.07) is 13.4. The van der Waals surface area contributed by atoms with Crippen LogP contribution in [-0.2, 0) is 24.3 Å². The molecule has 5 heterocycles. The van der Waals surface area contributed by atoms with Crippen LogP contribution in [-0.4, -0.2) is 57.5 Å². The van der Waals surface area contributed by atoms with Crippen molar-refractivity contribution in [3.8, 4) is 0 Å². The Morgan fingerprint density at radius 1 is 1.03 bits per heavy atom. The van der Waals surface area contributed by atoms with Crippen LogP contribution < -0.4 is 10.9 Å². The molecule has 0 radical (unpaired) electrons. The lowest BCUT2D eigenvalue weighted by atomic mass is 9.83. The highest BCUT2D eigenvalue weighted by Gasteiger charge is 2.36. The number of aromatic nitrogens is 2. The minimum absolute atomic E-state index is 0.00404. The molecule has 8 nitrogen and oxygen atoms in total. The Bertz CT molecular complexity index is 1310. The van der Waals surface area contributed by atoms with Crippen molar-refractivity contribution in [2.75, 3.05) is 26.2 Å². The van der Waals surface area contributed by atoms with Gasteiger partial charge in [-0.15, -0.1) is 0 Å². The molecule has 0 aliphatic carbocycles. The second-order valence-electron chi connectivity index (χ2n) is 9.45. The van der Waals surface area contributed by atoms with Crippen LogP contribution in [0, 0.1) is 5.92 Å². The van der Waals surface area contributed by atoms with Gasteiger partial charge in [0.05, 0.1) is 13.1 Å². The molecule has 2 bridgehead atoms. The molecule has 1 fully saturated rings. The van der Waals surface area contributed by atoms with Gasteiger partial charge in [-0.05, 0) is 36.5 Å². The maximum Gasteiger partial charge on any atom is 0.318 e. The first kappa shape index (κ1) is 20.1. The van der Waals surface area contributed by atoms with Gasteiger partial charge >= 0.3 is 6.03 Å². The normalized spacial score (nSPS) is 21.5. The summed E-state index contributed by atoms with van der Waals surface area (Å²) in [5.74, 6) is 0.389. The summed E-state index contributed by atoms with van der Waals surface area (Å²) in [7, 11) is 0. The monoisotopic (exact) mass is 445 g/mol. The molecular formula is C25H27N5O3. The smallest absolute Gasteiger partial charge is 0.318 e. The van der Waals surface area contributed by atoms with E-state index in [0.717, 1.165) is 29.7 Å². The summed E-state index contributed by atoms with van der Waals surface area (Å²) in [5.41, 5.74) is 4.50. The molecule has 0 unspecified atom stereocenters. The van der Waals surface area contributed by atoms with Gasteiger partial charge in [0.1, 0.15) is 0 Å². The van der Waals surface area contributed by atoms with Gasteiger partial charge in [0.25, 0.3) is 5.56 Å². The number of carbonyl (C=O) groups excluding carboxylic acids is 2. The van der Waals surface area contributed by atoms with Crippen molar-refractivity contribution in [1.82, 2.24) is 24.7 Å². The zero-order valence-electron chi connectivity index (χ0n) is 18.4. The third-order valence-corrected chi connectivity index (χ3v) is 7.39. The number of urea groups is 1. The summed E-state index contributed by atoms with van der Waals surface area (Å²) in [6.07, 6.45) is 1.80. The van der Waals surface area contributed by atoms with Crippen LogP contribution in [0.4, 0.5) is 4.79 Å². The number of nitrogens with zero attached hydrogens (tertiary/aromatic N) is 3. The first-order chi connectivity index (χ1) is 16.1. The molecule has 2 N–H and O–H groups in total. The molecule has 0 spiro atoms. The fourth-order valence-corrected chi connectivity index (χ4v) is 5.84. The summed E-state index contributed by atoms with van der Waals surface area (Å²) < 4.78 is 1.86. The number of amides is 3. The number of aromatic amines is 1. The Balaban J connectivity index is 1.08. The van der Waals surface area contributed by atoms with Crippen molar-refractivity contribution < 1.29 is 9.59 Å². The van der Waals surface area contributed by atoms with Crippen LogP contribution in [0.3, 0.4) is 0 Å². The molecule has 1 saturated heterocycles. The largest absolute Gasteiger partial charge is 0.357 e. The minimum Gasteiger partial charge on any atom is -0.357 e. The molecule has 3 aliphatic rings. The van der Waals surface area contributed by atoms with Crippen molar-refractivity contribution in [3.05, 3.63) is 69.8 Å². The lowest BCUT2D eigenvalue weighted by molar-refractivity contribution is -0.132. The molecule has 2 atom stereocenters. The first-order valence-electron chi connectivity index (χ1n) is 11.7. The number of pyridine rings is 1. The SMILES string of the molecule is O=C(CNC(=O)N1CCc2c([nH]c3ccccc23)C1)N1C[C@H]2C[C@@H](C1)c1cccc(=O)n1C2. The number of nitrogens with one attached hydrogen (secondary N) is 2. The third kappa shape index (κ3) is 3.50. The maximum atomic E-state index is 12.9. The Morgan fingerprint density at radius 2 is 1.91 bits per heavy atom. The summed E-state index contributed by atoms with van der Waals surface area (Å²) in [4.78, 5) is 45.0. The molecule has 3 aliphatic heterocycles. The molecule has 0 saturated carbocycles. The number of carbonyl (C=O) groups is 2. The highest BCUT2D eigenvalue weighted by Crippen LogP contribution is 2.35. The van der Waals surface area contributed by atoms with E-state index in [1.807, 2.05) is 27.7 Å². The van der Waals surface area contributed by atoms with Gasteiger partial charge in [0.2, 0.25) is 5.91 Å². The fraction of sp³-hybridized carbons (Fsp3) is 0.400. The topological polar surface area (TPSA) is 90.4 Å². The minimum atomic E-state index is -0.207. The van der Waals surface area contributed by atoms with Gasteiger partial charge in [0, 0.05) is 60.5 Å². The molecule has 3 aromatic rings. The average Bonchev–Trinajstić information content (AvgIpc) is 3.21. The zero-order valence-corrected chi connectivity index (χ0v) is 18.4. The van der Waals surface area contributed by atoms with Crippen molar-refractivity contribution >= 4 is 22.8 Å². The molecule has 1 aromatic carbocycles. The van der Waals surface area contributed by atoms with Crippen LogP contribution in [0.25, 0.3) is 10.9 Å². The first-order valence-corrected chi connectivity index (χ1v) is 11.7. The number of piperidine rings is 1. The van der Waals surface area contributed by atoms with Crippen LogP contribution in [0.2, 0.25) is 0 Å². The maximum absolute atomic E-state index is 12.9. The molecule has 170 valence electrons. The number of fused-ring (bicyclic) bond motifs is 7. The second-order valence-corrected chi connectivity index (χ2v) is 9.45. The van der Waals surface area contributed by atoms with E-state index in [1.54, 1.807) is 17.0 Å². The van der Waals surface area contributed by atoms with E-state index in [2.05, 4.69) is 22.4 Å². The van der Waals surface area contributed by atoms with Crippen molar-refractivity contribution in [1.29, 1.82) is 0 Å². The number of para-hydroxylation sites is 1. The van der Waals surface area contributed by atoms with Crippen LogP contribution in [0.15, 0.2) is 47.3 Å². The third-order valence-electron chi connectivity index (χ3n) is 7.39. The summed E-state index contributed by atoms with van der Waals surface area (Å²) in [5, 5.41) is 4.06. The number of benzene rings is 1. The number of H-pyrrole nitrogens is 1. The number of hydrogen-bond acceptors (Lipinski definition) is 3. The highest BCUT2D eigenvalue weighted by atomic mass is 16.2. The standard InChI is InChI=1S/C25H27N5O3/c31-23-7-3-6-22-17-10-16(13-30(22)23)12-29(14-17)24(32)11-26-25(33)28-9-8-19-18-4-1-2-5-20(18)27-21(19)15-28/h1-7,16-17,27H,8-15H2,(H,26,33)/t16-,17+/m1/s1. The molecule has 8 heteroatoms. The van der Waals surface area contributed by atoms with Crippen molar-refractivity contribution in [2.45, 2.75) is 31.8 Å². The van der Waals surface area contributed by atoms with Gasteiger partial charge in [-0.25, -0.2) is 4.79 Å². The predicted molar refractivity (Wildman–Crippen MR) is 124 cm³/mol. The Hall–Kier alpha value is -3.55. The molecule has 33 heavy (non-hydrogen) atoms. The van der Waals surface area contributed by atoms with Crippen molar-refractivity contribution in [3.63, 3.8) is 0 Å². The molecule has 3 amide bonds. The fourth-order valence-electron chi connectivity index (χ4n) is 5.84. The van der Waals surface area contributed by atoms with Crippen molar-refractivity contribution in [2.24, 2.45) is 5.92 Å². The summed E-state index contributed by atoms with van der Waals surface area (Å²) in [6.45, 7) is 3.03. The van der Waals surface area contributed by atoms with Crippen LogP contribution >= 0.6 is 0 Å². The lowest BCUT2D eigenvalue weighted by Gasteiger charge is -2.42.